The molecule has 138 valence electrons. The molecule has 2 aromatic rings. The Morgan fingerprint density at radius 3 is 2.46 bits per heavy atom. The fraction of sp³-hybridized carbons (Fsp3) is 0.389. The number of carbonyl (C=O) groups excluding carboxylic acids is 1. The number of aromatic nitrogens is 2. The number of hydrogen-bond donors (Lipinski definition) is 0. The van der Waals surface area contributed by atoms with Crippen LogP contribution in [-0.2, 0) is 7.05 Å². The van der Waals surface area contributed by atoms with Crippen molar-refractivity contribution in [3.05, 3.63) is 57.5 Å². The maximum absolute atomic E-state index is 12.5. The van der Waals surface area contributed by atoms with Crippen LogP contribution < -0.4 is 10.3 Å². The number of rotatable bonds is 5. The lowest BCUT2D eigenvalue weighted by molar-refractivity contribution is 0.0612. The molecule has 0 unspecified atom stereocenters. The molecule has 0 N–H and O–H groups in total. The topological polar surface area (TPSA) is 67.7 Å². The summed E-state index contributed by atoms with van der Waals surface area (Å²) in [6, 6.07) is 10.1. The molecule has 1 amide bonds. The van der Waals surface area contributed by atoms with Gasteiger partial charge in [-0.2, -0.15) is 5.10 Å². The van der Waals surface area contributed by atoms with E-state index in [-0.39, 0.29) is 11.5 Å². The fourth-order valence-electron chi connectivity index (χ4n) is 2.78. The van der Waals surface area contributed by atoms with E-state index in [0.717, 1.165) is 25.4 Å². The van der Waals surface area contributed by atoms with Gasteiger partial charge in [0.25, 0.3) is 11.5 Å². The summed E-state index contributed by atoms with van der Waals surface area (Å²) >= 11 is 5.85. The molecular formula is C18H21ClN4O3. The average molecular weight is 377 g/mol. The number of halogens is 1. The highest BCUT2D eigenvalue weighted by molar-refractivity contribution is 6.30. The van der Waals surface area contributed by atoms with Gasteiger partial charge in [0.05, 0.1) is 0 Å². The minimum atomic E-state index is -0.230. The van der Waals surface area contributed by atoms with Crippen LogP contribution in [0.3, 0.4) is 0 Å². The summed E-state index contributed by atoms with van der Waals surface area (Å²) in [6.45, 7) is 4.19. The molecule has 26 heavy (non-hydrogen) atoms. The Morgan fingerprint density at radius 1 is 1.12 bits per heavy atom. The first-order chi connectivity index (χ1) is 12.5. The molecule has 2 heterocycles. The van der Waals surface area contributed by atoms with Gasteiger partial charge in [0.15, 0.2) is 0 Å². The molecule has 0 bridgehead atoms. The molecule has 0 spiro atoms. The Kier molecular flexibility index (Phi) is 5.90. The third-order valence-electron chi connectivity index (χ3n) is 4.33. The Balaban J connectivity index is 1.44. The van der Waals surface area contributed by atoms with Gasteiger partial charge in [-0.15, -0.1) is 0 Å². The van der Waals surface area contributed by atoms with E-state index in [1.165, 1.54) is 23.9 Å². The van der Waals surface area contributed by atoms with E-state index in [1.807, 2.05) is 12.1 Å². The van der Waals surface area contributed by atoms with Gasteiger partial charge in [-0.25, -0.2) is 4.68 Å². The predicted octanol–water partition coefficient (Wildman–Crippen LogP) is 1.27. The molecular weight excluding hydrogens is 356 g/mol. The molecule has 0 aliphatic carbocycles. The lowest BCUT2D eigenvalue weighted by atomic mass is 10.2. The Hall–Kier alpha value is -2.38. The van der Waals surface area contributed by atoms with Crippen molar-refractivity contribution in [1.82, 2.24) is 19.6 Å². The molecule has 0 radical (unpaired) electrons. The first kappa shape index (κ1) is 18.4. The molecule has 1 aromatic carbocycles. The third-order valence-corrected chi connectivity index (χ3v) is 4.58. The summed E-state index contributed by atoms with van der Waals surface area (Å²) in [7, 11) is 1.54. The van der Waals surface area contributed by atoms with Crippen molar-refractivity contribution in [1.29, 1.82) is 0 Å². The second kappa shape index (κ2) is 8.33. The molecule has 1 aliphatic rings. The van der Waals surface area contributed by atoms with Crippen molar-refractivity contribution in [3.63, 3.8) is 0 Å². The smallest absolute Gasteiger partial charge is 0.274 e. The van der Waals surface area contributed by atoms with Gasteiger partial charge in [0.2, 0.25) is 0 Å². The van der Waals surface area contributed by atoms with Crippen LogP contribution in [0.5, 0.6) is 5.75 Å². The van der Waals surface area contributed by atoms with Crippen molar-refractivity contribution in [2.45, 2.75) is 0 Å². The van der Waals surface area contributed by atoms with Crippen molar-refractivity contribution in [2.75, 3.05) is 39.3 Å². The monoisotopic (exact) mass is 376 g/mol. The maximum atomic E-state index is 12.5. The number of aryl methyl sites for hydroxylation is 1. The van der Waals surface area contributed by atoms with Gasteiger partial charge in [0, 0.05) is 50.9 Å². The highest BCUT2D eigenvalue weighted by Crippen LogP contribution is 2.15. The molecule has 1 fully saturated rings. The highest BCUT2D eigenvalue weighted by Gasteiger charge is 2.23. The zero-order valence-corrected chi connectivity index (χ0v) is 15.4. The zero-order valence-electron chi connectivity index (χ0n) is 14.6. The number of nitrogens with zero attached hydrogens (tertiary/aromatic N) is 4. The number of piperazine rings is 1. The van der Waals surface area contributed by atoms with Gasteiger partial charge in [-0.05, 0) is 30.3 Å². The first-order valence-corrected chi connectivity index (χ1v) is 8.85. The summed E-state index contributed by atoms with van der Waals surface area (Å²) < 4.78 is 6.89. The number of hydrogen-bond acceptors (Lipinski definition) is 5. The molecule has 3 rings (SSSR count). The SMILES string of the molecule is Cn1nc(C(=O)N2CCN(CCOc3ccc(Cl)cc3)CC2)ccc1=O. The van der Waals surface area contributed by atoms with Crippen molar-refractivity contribution < 1.29 is 9.53 Å². The van der Waals surface area contributed by atoms with Crippen LogP contribution in [0.25, 0.3) is 0 Å². The summed E-state index contributed by atoms with van der Waals surface area (Å²) in [4.78, 5) is 27.9. The Bertz CT molecular complexity index is 814. The van der Waals surface area contributed by atoms with Crippen LogP contribution in [0.2, 0.25) is 5.02 Å². The molecule has 7 nitrogen and oxygen atoms in total. The third kappa shape index (κ3) is 4.62. The van der Waals surface area contributed by atoms with Crippen molar-refractivity contribution in [2.24, 2.45) is 7.05 Å². The summed E-state index contributed by atoms with van der Waals surface area (Å²) in [6.07, 6.45) is 0. The van der Waals surface area contributed by atoms with Gasteiger partial charge in [-0.3, -0.25) is 14.5 Å². The lowest BCUT2D eigenvalue weighted by Crippen LogP contribution is -2.49. The zero-order chi connectivity index (χ0) is 18.5. The van der Waals surface area contributed by atoms with Gasteiger partial charge < -0.3 is 9.64 Å². The maximum Gasteiger partial charge on any atom is 0.274 e. The predicted molar refractivity (Wildman–Crippen MR) is 98.8 cm³/mol. The largest absolute Gasteiger partial charge is 0.492 e. The second-order valence-electron chi connectivity index (χ2n) is 6.12. The Labute approximate surface area is 156 Å². The van der Waals surface area contributed by atoms with Crippen LogP contribution in [0.4, 0.5) is 0 Å². The standard InChI is InChI=1S/C18H21ClN4O3/c1-21-17(24)7-6-16(20-21)18(25)23-10-8-22(9-11-23)12-13-26-15-4-2-14(19)3-5-15/h2-7H,8-13H2,1H3. The number of carbonyl (C=O) groups is 1. The molecule has 0 atom stereocenters. The second-order valence-corrected chi connectivity index (χ2v) is 6.55. The number of ether oxygens (including phenoxy) is 1. The minimum Gasteiger partial charge on any atom is -0.492 e. The minimum absolute atomic E-state index is 0.141. The summed E-state index contributed by atoms with van der Waals surface area (Å²) in [5.41, 5.74) is 0.0682. The summed E-state index contributed by atoms with van der Waals surface area (Å²) in [5, 5.41) is 4.71. The molecule has 1 aliphatic heterocycles. The van der Waals surface area contributed by atoms with E-state index >= 15 is 0 Å². The van der Waals surface area contributed by atoms with E-state index in [2.05, 4.69) is 10.00 Å². The van der Waals surface area contributed by atoms with Crippen molar-refractivity contribution in [3.8, 4) is 5.75 Å². The van der Waals surface area contributed by atoms with E-state index in [9.17, 15) is 9.59 Å². The average Bonchev–Trinajstić information content (AvgIpc) is 2.65. The number of benzene rings is 1. The number of amides is 1. The summed E-state index contributed by atoms with van der Waals surface area (Å²) in [5.74, 6) is 0.654. The van der Waals surface area contributed by atoms with E-state index < -0.39 is 0 Å². The van der Waals surface area contributed by atoms with Gasteiger partial charge >= 0.3 is 0 Å². The normalized spacial score (nSPS) is 15.1. The Morgan fingerprint density at radius 2 is 1.81 bits per heavy atom. The van der Waals surface area contributed by atoms with Gasteiger partial charge in [-0.1, -0.05) is 11.6 Å². The van der Waals surface area contributed by atoms with E-state index in [4.69, 9.17) is 16.3 Å². The lowest BCUT2D eigenvalue weighted by Gasteiger charge is -2.34. The van der Waals surface area contributed by atoms with E-state index in [0.29, 0.717) is 30.4 Å². The van der Waals surface area contributed by atoms with Crippen molar-refractivity contribution >= 4 is 17.5 Å². The molecule has 0 saturated carbocycles. The van der Waals surface area contributed by atoms with Crippen LogP contribution in [-0.4, -0.2) is 64.8 Å². The quantitative estimate of drug-likeness (QED) is 0.786. The first-order valence-electron chi connectivity index (χ1n) is 8.47. The molecule has 8 heteroatoms. The van der Waals surface area contributed by atoms with Crippen LogP contribution in [0.15, 0.2) is 41.2 Å². The van der Waals surface area contributed by atoms with Gasteiger partial charge in [0.1, 0.15) is 18.1 Å². The van der Waals surface area contributed by atoms with Crippen LogP contribution >= 0.6 is 11.6 Å². The van der Waals surface area contributed by atoms with E-state index in [1.54, 1.807) is 17.0 Å². The fourth-order valence-corrected chi connectivity index (χ4v) is 2.90. The molecule has 1 saturated heterocycles. The van der Waals surface area contributed by atoms with Crippen LogP contribution in [0, 0.1) is 0 Å². The highest BCUT2D eigenvalue weighted by atomic mass is 35.5. The molecule has 1 aromatic heterocycles. The van der Waals surface area contributed by atoms with Crippen LogP contribution in [0.1, 0.15) is 10.5 Å².